The van der Waals surface area contributed by atoms with Crippen LogP contribution in [-0.2, 0) is 4.79 Å². The monoisotopic (exact) mass is 269 g/mol. The van der Waals surface area contributed by atoms with Crippen LogP contribution in [-0.4, -0.2) is 12.2 Å². The van der Waals surface area contributed by atoms with E-state index in [1.807, 2.05) is 19.1 Å². The normalized spacial score (nSPS) is 9.90. The lowest BCUT2D eigenvalue weighted by Crippen LogP contribution is -2.06. The second kappa shape index (κ2) is 6.02. The number of benzene rings is 2. The third kappa shape index (κ3) is 3.23. The second-order valence-electron chi connectivity index (χ2n) is 4.42. The maximum atomic E-state index is 11.2. The van der Waals surface area contributed by atoms with E-state index in [1.54, 1.807) is 30.3 Å². The van der Waals surface area contributed by atoms with Gasteiger partial charge in [0, 0.05) is 12.5 Å². The predicted molar refractivity (Wildman–Crippen MR) is 77.4 cm³/mol. The number of hydrogen-bond acceptors (Lipinski definition) is 3. The Morgan fingerprint density at radius 1 is 1.15 bits per heavy atom. The van der Waals surface area contributed by atoms with Crippen molar-refractivity contribution in [3.8, 4) is 11.5 Å². The van der Waals surface area contributed by atoms with Crippen molar-refractivity contribution in [3.05, 3.63) is 53.6 Å². The van der Waals surface area contributed by atoms with E-state index < -0.39 is 0 Å². The molecule has 0 atom stereocenters. The summed E-state index contributed by atoms with van der Waals surface area (Å²) in [5.41, 5.74) is 2.07. The van der Waals surface area contributed by atoms with E-state index in [9.17, 15) is 9.59 Å². The smallest absolute Gasteiger partial charge is 0.221 e. The number of carbonyl (C=O) groups is 2. The molecule has 4 heteroatoms. The zero-order valence-corrected chi connectivity index (χ0v) is 11.3. The SMILES string of the molecule is CC(=O)Nc1ccccc1Oc1ccc(C=O)cc1C. The molecule has 0 aromatic heterocycles. The highest BCUT2D eigenvalue weighted by atomic mass is 16.5. The third-order valence-electron chi connectivity index (χ3n) is 2.75. The molecular formula is C16H15NO3. The number of ether oxygens (including phenoxy) is 1. The van der Waals surface area contributed by atoms with E-state index >= 15 is 0 Å². The highest BCUT2D eigenvalue weighted by Gasteiger charge is 2.07. The molecule has 0 fully saturated rings. The predicted octanol–water partition coefficient (Wildman–Crippen LogP) is 3.56. The zero-order chi connectivity index (χ0) is 14.5. The van der Waals surface area contributed by atoms with E-state index in [1.165, 1.54) is 6.92 Å². The van der Waals surface area contributed by atoms with Crippen LogP contribution < -0.4 is 10.1 Å². The first kappa shape index (κ1) is 13.8. The summed E-state index contributed by atoms with van der Waals surface area (Å²) >= 11 is 0. The molecule has 2 aromatic carbocycles. The third-order valence-corrected chi connectivity index (χ3v) is 2.75. The van der Waals surface area contributed by atoms with E-state index in [-0.39, 0.29) is 5.91 Å². The van der Waals surface area contributed by atoms with Crippen molar-refractivity contribution in [2.75, 3.05) is 5.32 Å². The molecule has 0 aliphatic heterocycles. The minimum absolute atomic E-state index is 0.158. The molecule has 0 spiro atoms. The van der Waals surface area contributed by atoms with Crippen LogP contribution in [0.1, 0.15) is 22.8 Å². The van der Waals surface area contributed by atoms with Crippen molar-refractivity contribution in [3.63, 3.8) is 0 Å². The van der Waals surface area contributed by atoms with E-state index in [0.29, 0.717) is 22.7 Å². The maximum Gasteiger partial charge on any atom is 0.221 e. The van der Waals surface area contributed by atoms with Crippen molar-refractivity contribution in [2.24, 2.45) is 0 Å². The molecular weight excluding hydrogens is 254 g/mol. The fourth-order valence-electron chi connectivity index (χ4n) is 1.83. The Balaban J connectivity index is 2.30. The molecule has 2 rings (SSSR count). The zero-order valence-electron chi connectivity index (χ0n) is 11.3. The molecule has 0 radical (unpaired) electrons. The summed E-state index contributed by atoms with van der Waals surface area (Å²) in [6, 6.07) is 12.4. The van der Waals surface area contributed by atoms with Gasteiger partial charge in [-0.25, -0.2) is 0 Å². The first-order valence-corrected chi connectivity index (χ1v) is 6.20. The largest absolute Gasteiger partial charge is 0.455 e. The molecule has 0 aliphatic carbocycles. The highest BCUT2D eigenvalue weighted by molar-refractivity contribution is 5.90. The van der Waals surface area contributed by atoms with Gasteiger partial charge in [-0.15, -0.1) is 0 Å². The van der Waals surface area contributed by atoms with Gasteiger partial charge in [-0.2, -0.15) is 0 Å². The van der Waals surface area contributed by atoms with Gasteiger partial charge < -0.3 is 10.1 Å². The molecule has 102 valence electrons. The summed E-state index contributed by atoms with van der Waals surface area (Å²) < 4.78 is 5.81. The summed E-state index contributed by atoms with van der Waals surface area (Å²) in [4.78, 5) is 21.9. The summed E-state index contributed by atoms with van der Waals surface area (Å²) in [5.74, 6) is 1.05. The van der Waals surface area contributed by atoms with E-state index in [0.717, 1.165) is 11.8 Å². The van der Waals surface area contributed by atoms with Crippen LogP contribution >= 0.6 is 0 Å². The Morgan fingerprint density at radius 2 is 1.90 bits per heavy atom. The average molecular weight is 269 g/mol. The molecule has 2 aromatic rings. The molecule has 4 nitrogen and oxygen atoms in total. The topological polar surface area (TPSA) is 55.4 Å². The Bertz CT molecular complexity index is 650. The minimum Gasteiger partial charge on any atom is -0.455 e. The quantitative estimate of drug-likeness (QED) is 0.863. The van der Waals surface area contributed by atoms with Gasteiger partial charge in [-0.3, -0.25) is 9.59 Å². The molecule has 1 N–H and O–H groups in total. The first-order chi connectivity index (χ1) is 9.60. The fourth-order valence-corrected chi connectivity index (χ4v) is 1.83. The molecule has 1 amide bonds. The lowest BCUT2D eigenvalue weighted by atomic mass is 10.1. The first-order valence-electron chi connectivity index (χ1n) is 6.20. The standard InChI is InChI=1S/C16H15NO3/c1-11-9-13(10-18)7-8-15(11)20-16-6-4-3-5-14(16)17-12(2)19/h3-10H,1-2H3,(H,17,19). The molecule has 0 aliphatic rings. The van der Waals surface area contributed by atoms with Gasteiger partial charge in [0.2, 0.25) is 5.91 Å². The van der Waals surface area contributed by atoms with Gasteiger partial charge in [0.25, 0.3) is 0 Å². The van der Waals surface area contributed by atoms with Crippen LogP contribution in [0.5, 0.6) is 11.5 Å². The van der Waals surface area contributed by atoms with Crippen molar-refractivity contribution >= 4 is 17.9 Å². The number of anilines is 1. The summed E-state index contributed by atoms with van der Waals surface area (Å²) in [6.07, 6.45) is 0.794. The Morgan fingerprint density at radius 3 is 2.55 bits per heavy atom. The Labute approximate surface area is 117 Å². The van der Waals surface area contributed by atoms with Gasteiger partial charge in [-0.1, -0.05) is 12.1 Å². The van der Waals surface area contributed by atoms with Crippen molar-refractivity contribution < 1.29 is 14.3 Å². The van der Waals surface area contributed by atoms with Gasteiger partial charge in [0.15, 0.2) is 5.75 Å². The number of amides is 1. The lowest BCUT2D eigenvalue weighted by molar-refractivity contribution is -0.114. The number of para-hydroxylation sites is 2. The molecule has 0 unspecified atom stereocenters. The van der Waals surface area contributed by atoms with Crippen LogP contribution in [0.15, 0.2) is 42.5 Å². The van der Waals surface area contributed by atoms with E-state index in [2.05, 4.69) is 5.32 Å². The molecule has 0 saturated heterocycles. The Kier molecular flexibility index (Phi) is 4.15. The van der Waals surface area contributed by atoms with Crippen LogP contribution in [0.2, 0.25) is 0 Å². The minimum atomic E-state index is -0.158. The number of aryl methyl sites for hydroxylation is 1. The average Bonchev–Trinajstić information content (AvgIpc) is 2.42. The fraction of sp³-hybridized carbons (Fsp3) is 0.125. The van der Waals surface area contributed by atoms with Gasteiger partial charge in [0.05, 0.1) is 5.69 Å². The highest BCUT2D eigenvalue weighted by Crippen LogP contribution is 2.31. The van der Waals surface area contributed by atoms with Gasteiger partial charge >= 0.3 is 0 Å². The van der Waals surface area contributed by atoms with Crippen molar-refractivity contribution in [1.29, 1.82) is 0 Å². The summed E-state index contributed by atoms with van der Waals surface area (Å²) in [7, 11) is 0. The second-order valence-corrected chi connectivity index (χ2v) is 4.42. The summed E-state index contributed by atoms with van der Waals surface area (Å²) in [6.45, 7) is 3.31. The molecule has 0 heterocycles. The number of nitrogens with one attached hydrogen (secondary N) is 1. The maximum absolute atomic E-state index is 11.2. The molecule has 0 saturated carbocycles. The van der Waals surface area contributed by atoms with Crippen LogP contribution in [0.25, 0.3) is 0 Å². The lowest BCUT2D eigenvalue weighted by Gasteiger charge is -2.13. The summed E-state index contributed by atoms with van der Waals surface area (Å²) in [5, 5.41) is 2.72. The van der Waals surface area contributed by atoms with Gasteiger partial charge in [-0.05, 0) is 42.8 Å². The van der Waals surface area contributed by atoms with Crippen LogP contribution in [0, 0.1) is 6.92 Å². The molecule has 0 bridgehead atoms. The van der Waals surface area contributed by atoms with Crippen LogP contribution in [0.3, 0.4) is 0 Å². The number of aldehydes is 1. The Hall–Kier alpha value is -2.62. The number of hydrogen-bond donors (Lipinski definition) is 1. The van der Waals surface area contributed by atoms with E-state index in [4.69, 9.17) is 4.74 Å². The van der Waals surface area contributed by atoms with Crippen molar-refractivity contribution in [2.45, 2.75) is 13.8 Å². The number of rotatable bonds is 4. The van der Waals surface area contributed by atoms with Crippen LogP contribution in [0.4, 0.5) is 5.69 Å². The van der Waals surface area contributed by atoms with Gasteiger partial charge in [0.1, 0.15) is 12.0 Å². The molecule has 20 heavy (non-hydrogen) atoms. The number of carbonyl (C=O) groups excluding carboxylic acids is 2. The van der Waals surface area contributed by atoms with Crippen molar-refractivity contribution in [1.82, 2.24) is 0 Å².